The van der Waals surface area contributed by atoms with Gasteiger partial charge in [-0.1, -0.05) is 23.7 Å². The zero-order chi connectivity index (χ0) is 13.8. The summed E-state index contributed by atoms with van der Waals surface area (Å²) in [6.07, 6.45) is 1.11. The number of ketones is 1. The number of rotatable bonds is 3. The molecular formula is C15H9ClF2O. The highest BCUT2D eigenvalue weighted by Crippen LogP contribution is 2.16. The number of allylic oxidation sites excluding steroid dienone is 1. The first-order chi connectivity index (χ1) is 9.06. The van der Waals surface area contributed by atoms with Gasteiger partial charge in [-0.2, -0.15) is 0 Å². The van der Waals surface area contributed by atoms with Crippen molar-refractivity contribution in [1.29, 1.82) is 0 Å². The van der Waals surface area contributed by atoms with Gasteiger partial charge in [0.1, 0.15) is 5.82 Å². The van der Waals surface area contributed by atoms with Gasteiger partial charge in [0.15, 0.2) is 5.83 Å². The molecule has 4 heteroatoms. The molecule has 0 N–H and O–H groups in total. The van der Waals surface area contributed by atoms with E-state index < -0.39 is 17.4 Å². The second-order valence-electron chi connectivity index (χ2n) is 3.88. The highest BCUT2D eigenvalue weighted by Gasteiger charge is 2.11. The summed E-state index contributed by atoms with van der Waals surface area (Å²) in [5.74, 6) is -2.16. The summed E-state index contributed by atoms with van der Waals surface area (Å²) in [6, 6.07) is 11.1. The van der Waals surface area contributed by atoms with E-state index in [1.807, 2.05) is 0 Å². The Bertz CT molecular complexity index is 616. The van der Waals surface area contributed by atoms with Crippen LogP contribution in [0.3, 0.4) is 0 Å². The Balaban J connectivity index is 2.23. The molecule has 2 rings (SSSR count). The first-order valence-corrected chi connectivity index (χ1v) is 5.87. The topological polar surface area (TPSA) is 17.1 Å². The quantitative estimate of drug-likeness (QED) is 0.589. The Hall–Kier alpha value is -2.00. The third-order valence-electron chi connectivity index (χ3n) is 2.49. The number of Topliss-reactive ketones (excluding diaryl/α,β-unsaturated/α-hetero) is 1. The van der Waals surface area contributed by atoms with Crippen molar-refractivity contribution in [3.63, 3.8) is 0 Å². The van der Waals surface area contributed by atoms with Crippen LogP contribution in [0.2, 0.25) is 5.02 Å². The molecule has 0 aromatic heterocycles. The van der Waals surface area contributed by atoms with Crippen molar-refractivity contribution < 1.29 is 13.6 Å². The second-order valence-corrected chi connectivity index (χ2v) is 4.32. The van der Waals surface area contributed by atoms with Crippen LogP contribution >= 0.6 is 11.6 Å². The van der Waals surface area contributed by atoms with Gasteiger partial charge < -0.3 is 0 Å². The molecule has 19 heavy (non-hydrogen) atoms. The first kappa shape index (κ1) is 13.4. The van der Waals surface area contributed by atoms with Crippen LogP contribution in [0, 0.1) is 5.82 Å². The van der Waals surface area contributed by atoms with Gasteiger partial charge in [-0.3, -0.25) is 4.79 Å². The van der Waals surface area contributed by atoms with E-state index in [-0.39, 0.29) is 5.56 Å². The van der Waals surface area contributed by atoms with Crippen LogP contribution in [0.25, 0.3) is 6.08 Å². The minimum Gasteiger partial charge on any atom is -0.286 e. The number of carbonyl (C=O) groups is 1. The van der Waals surface area contributed by atoms with Crippen LogP contribution in [0.15, 0.2) is 54.4 Å². The van der Waals surface area contributed by atoms with Gasteiger partial charge in [0, 0.05) is 10.6 Å². The van der Waals surface area contributed by atoms with Crippen molar-refractivity contribution in [2.24, 2.45) is 0 Å². The molecule has 0 aliphatic rings. The van der Waals surface area contributed by atoms with Crippen LogP contribution < -0.4 is 0 Å². The minimum atomic E-state index is -0.908. The molecule has 0 aliphatic heterocycles. The summed E-state index contributed by atoms with van der Waals surface area (Å²) < 4.78 is 26.5. The van der Waals surface area contributed by atoms with E-state index in [1.54, 1.807) is 24.3 Å². The normalized spacial score (nSPS) is 11.4. The lowest BCUT2D eigenvalue weighted by Gasteiger charge is -1.99. The number of hydrogen-bond donors (Lipinski definition) is 0. The molecule has 0 spiro atoms. The lowest BCUT2D eigenvalue weighted by molar-refractivity contribution is 0.101. The van der Waals surface area contributed by atoms with Crippen molar-refractivity contribution in [2.45, 2.75) is 0 Å². The van der Waals surface area contributed by atoms with E-state index in [9.17, 15) is 13.6 Å². The molecule has 0 radical (unpaired) electrons. The fraction of sp³-hybridized carbons (Fsp3) is 0. The number of hydrogen-bond acceptors (Lipinski definition) is 1. The lowest BCUT2D eigenvalue weighted by Crippen LogP contribution is -1.99. The maximum Gasteiger partial charge on any atom is 0.221 e. The smallest absolute Gasteiger partial charge is 0.221 e. The summed E-state index contributed by atoms with van der Waals surface area (Å²) in [7, 11) is 0. The predicted octanol–water partition coefficient (Wildman–Crippen LogP) is 4.67. The van der Waals surface area contributed by atoms with Gasteiger partial charge in [0.2, 0.25) is 5.78 Å². The number of benzene rings is 2. The average molecular weight is 279 g/mol. The molecular weight excluding hydrogens is 270 g/mol. The third-order valence-corrected chi connectivity index (χ3v) is 2.74. The highest BCUT2D eigenvalue weighted by atomic mass is 35.5. The molecule has 0 heterocycles. The zero-order valence-corrected chi connectivity index (χ0v) is 10.5. The van der Waals surface area contributed by atoms with Crippen LogP contribution in [-0.2, 0) is 0 Å². The molecule has 0 atom stereocenters. The van der Waals surface area contributed by atoms with Crippen LogP contribution in [0.4, 0.5) is 8.78 Å². The van der Waals surface area contributed by atoms with E-state index >= 15 is 0 Å². The maximum atomic E-state index is 13.8. The van der Waals surface area contributed by atoms with Crippen molar-refractivity contribution in [2.75, 3.05) is 0 Å². The summed E-state index contributed by atoms with van der Waals surface area (Å²) in [6.45, 7) is 0. The van der Waals surface area contributed by atoms with Gasteiger partial charge in [0.25, 0.3) is 0 Å². The fourth-order valence-electron chi connectivity index (χ4n) is 1.51. The van der Waals surface area contributed by atoms with Crippen LogP contribution in [0.1, 0.15) is 15.9 Å². The molecule has 0 aliphatic carbocycles. The van der Waals surface area contributed by atoms with E-state index in [1.165, 1.54) is 12.1 Å². The average Bonchev–Trinajstić information content (AvgIpc) is 2.41. The summed E-state index contributed by atoms with van der Waals surface area (Å²) in [5.41, 5.74) is 0.626. The largest absolute Gasteiger partial charge is 0.286 e. The number of carbonyl (C=O) groups excluding carboxylic acids is 1. The molecule has 0 unspecified atom stereocenters. The van der Waals surface area contributed by atoms with E-state index in [0.29, 0.717) is 10.6 Å². The molecule has 0 saturated carbocycles. The molecule has 0 fully saturated rings. The number of halogens is 3. The van der Waals surface area contributed by atoms with E-state index in [4.69, 9.17) is 11.6 Å². The second kappa shape index (κ2) is 5.76. The molecule has 2 aromatic rings. The predicted molar refractivity (Wildman–Crippen MR) is 71.3 cm³/mol. The third kappa shape index (κ3) is 3.48. The molecule has 0 amide bonds. The molecule has 96 valence electrons. The van der Waals surface area contributed by atoms with Crippen molar-refractivity contribution >= 4 is 23.5 Å². The first-order valence-electron chi connectivity index (χ1n) is 5.49. The molecule has 0 saturated heterocycles. The van der Waals surface area contributed by atoms with Gasteiger partial charge in [-0.25, -0.2) is 8.78 Å². The summed E-state index contributed by atoms with van der Waals surface area (Å²) in [4.78, 5) is 11.7. The fourth-order valence-corrected chi connectivity index (χ4v) is 1.64. The zero-order valence-electron chi connectivity index (χ0n) is 9.74. The summed E-state index contributed by atoms with van der Waals surface area (Å²) >= 11 is 5.70. The Kier molecular flexibility index (Phi) is 4.07. The monoisotopic (exact) mass is 278 g/mol. The summed E-state index contributed by atoms with van der Waals surface area (Å²) in [5, 5.41) is 0.530. The SMILES string of the molecule is O=C(/C(F)=C/c1ccc(Cl)cc1)c1ccc(F)cc1. The Labute approximate surface area is 114 Å². The molecule has 0 bridgehead atoms. The van der Waals surface area contributed by atoms with Crippen molar-refractivity contribution in [3.8, 4) is 0 Å². The van der Waals surface area contributed by atoms with E-state index in [0.717, 1.165) is 18.2 Å². The van der Waals surface area contributed by atoms with Gasteiger partial charge in [-0.05, 0) is 48.0 Å². The van der Waals surface area contributed by atoms with Gasteiger partial charge in [-0.15, -0.1) is 0 Å². The van der Waals surface area contributed by atoms with Gasteiger partial charge >= 0.3 is 0 Å². The highest BCUT2D eigenvalue weighted by molar-refractivity contribution is 6.30. The minimum absolute atomic E-state index is 0.101. The molecule has 2 aromatic carbocycles. The van der Waals surface area contributed by atoms with Crippen molar-refractivity contribution in [1.82, 2.24) is 0 Å². The van der Waals surface area contributed by atoms with E-state index in [2.05, 4.69) is 0 Å². The van der Waals surface area contributed by atoms with Gasteiger partial charge in [0.05, 0.1) is 0 Å². The van der Waals surface area contributed by atoms with Crippen LogP contribution in [-0.4, -0.2) is 5.78 Å². The van der Waals surface area contributed by atoms with Crippen molar-refractivity contribution in [3.05, 3.63) is 76.3 Å². The Morgan fingerprint density at radius 1 is 1.00 bits per heavy atom. The Morgan fingerprint density at radius 2 is 1.58 bits per heavy atom. The standard InChI is InChI=1S/C15H9ClF2O/c16-12-5-1-10(2-6-12)9-14(18)15(19)11-3-7-13(17)8-4-11/h1-9H/b14-9-. The lowest BCUT2D eigenvalue weighted by atomic mass is 10.1. The molecule has 1 nitrogen and oxygen atoms in total. The Morgan fingerprint density at radius 3 is 2.16 bits per heavy atom. The van der Waals surface area contributed by atoms with Crippen LogP contribution in [0.5, 0.6) is 0 Å². The maximum absolute atomic E-state index is 13.8.